The van der Waals surface area contributed by atoms with Gasteiger partial charge in [-0.1, -0.05) is 29.8 Å². The average molecular weight is 286 g/mol. The maximum Gasteiger partial charge on any atom is 0.248 e. The molecule has 4 heteroatoms. The first kappa shape index (κ1) is 13.0. The Bertz CT molecular complexity index is 360. The second-order valence-corrected chi connectivity index (χ2v) is 5.04. The predicted octanol–water partition coefficient (Wildman–Crippen LogP) is 2.59. The van der Waals surface area contributed by atoms with Crippen LogP contribution in [0.3, 0.4) is 0 Å². The van der Waals surface area contributed by atoms with E-state index in [0.29, 0.717) is 12.2 Å². The van der Waals surface area contributed by atoms with Gasteiger partial charge in [-0.25, -0.2) is 0 Å². The van der Waals surface area contributed by atoms with Crippen molar-refractivity contribution in [3.05, 3.63) is 29.8 Å². The molecule has 0 aromatic heterocycles. The van der Waals surface area contributed by atoms with Gasteiger partial charge in [-0.05, 0) is 24.3 Å². The zero-order valence-corrected chi connectivity index (χ0v) is 11.1. The molecule has 0 saturated carbocycles. The molecule has 0 spiro atoms. The smallest absolute Gasteiger partial charge is 0.248 e. The summed E-state index contributed by atoms with van der Waals surface area (Å²) in [5, 5.41) is 0.874. The number of primary amides is 1. The first-order valence-electron chi connectivity index (χ1n) is 5.03. The third kappa shape index (κ3) is 3.85. The van der Waals surface area contributed by atoms with Crippen LogP contribution in [0.25, 0.3) is 0 Å². The van der Waals surface area contributed by atoms with E-state index >= 15 is 0 Å². The lowest BCUT2D eigenvalue weighted by Crippen LogP contribution is -2.22. The summed E-state index contributed by atoms with van der Waals surface area (Å²) >= 11 is 3.43. The summed E-state index contributed by atoms with van der Waals surface area (Å²) in [6.07, 6.45) is 0. The number of carbonyl (C=O) groups is 1. The molecule has 2 N–H and O–H groups in total. The number of nitrogens with two attached hydrogens (primary N) is 1. The predicted molar refractivity (Wildman–Crippen MR) is 68.0 cm³/mol. The second kappa shape index (κ2) is 5.34. The van der Waals surface area contributed by atoms with E-state index < -0.39 is 5.91 Å². The molecule has 0 fully saturated rings. The molecule has 88 valence electrons. The summed E-state index contributed by atoms with van der Waals surface area (Å²) in [5.41, 5.74) is 5.72. The number of ether oxygens (including phenoxy) is 1. The maximum absolute atomic E-state index is 10.9. The van der Waals surface area contributed by atoms with E-state index in [4.69, 9.17) is 10.5 Å². The van der Waals surface area contributed by atoms with Gasteiger partial charge in [0.2, 0.25) is 5.91 Å². The highest BCUT2D eigenvalue weighted by Crippen LogP contribution is 2.21. The fourth-order valence-corrected chi connectivity index (χ4v) is 1.19. The van der Waals surface area contributed by atoms with Crippen molar-refractivity contribution in [3.8, 4) is 5.75 Å². The molecule has 1 aromatic rings. The minimum Gasteiger partial charge on any atom is -0.493 e. The molecule has 0 unspecified atom stereocenters. The Morgan fingerprint density at radius 1 is 1.38 bits per heavy atom. The van der Waals surface area contributed by atoms with Crippen molar-refractivity contribution >= 4 is 21.8 Å². The largest absolute Gasteiger partial charge is 0.493 e. The Morgan fingerprint density at radius 3 is 2.38 bits per heavy atom. The molecule has 3 nitrogen and oxygen atoms in total. The molecule has 0 aliphatic rings. The normalized spacial score (nSPS) is 11.2. The number of halogens is 1. The number of amides is 1. The molecule has 0 radical (unpaired) electrons. The quantitative estimate of drug-likeness (QED) is 0.846. The van der Waals surface area contributed by atoms with Crippen molar-refractivity contribution in [2.24, 2.45) is 11.1 Å². The molecule has 1 rings (SSSR count). The molecule has 0 atom stereocenters. The van der Waals surface area contributed by atoms with E-state index in [9.17, 15) is 4.79 Å². The first-order chi connectivity index (χ1) is 7.44. The van der Waals surface area contributed by atoms with Crippen molar-refractivity contribution in [1.82, 2.24) is 0 Å². The summed E-state index contributed by atoms with van der Waals surface area (Å²) in [5.74, 6) is 0.325. The molecule has 0 aliphatic heterocycles. The van der Waals surface area contributed by atoms with Gasteiger partial charge in [-0.2, -0.15) is 0 Å². The highest BCUT2D eigenvalue weighted by atomic mass is 79.9. The van der Waals surface area contributed by atoms with Crippen LogP contribution in [0.1, 0.15) is 24.2 Å². The summed E-state index contributed by atoms with van der Waals surface area (Å²) < 4.78 is 5.61. The van der Waals surface area contributed by atoms with E-state index in [0.717, 1.165) is 11.1 Å². The maximum atomic E-state index is 10.9. The highest BCUT2D eigenvalue weighted by Gasteiger charge is 2.16. The molecule has 0 heterocycles. The fourth-order valence-electron chi connectivity index (χ4n) is 1.03. The number of carbonyl (C=O) groups excluding carboxylic acids is 1. The van der Waals surface area contributed by atoms with Crippen LogP contribution in [0.2, 0.25) is 0 Å². The van der Waals surface area contributed by atoms with Crippen LogP contribution >= 0.6 is 15.9 Å². The van der Waals surface area contributed by atoms with Crippen molar-refractivity contribution < 1.29 is 9.53 Å². The highest BCUT2D eigenvalue weighted by molar-refractivity contribution is 9.09. The zero-order chi connectivity index (χ0) is 12.2. The third-order valence-corrected chi connectivity index (χ3v) is 3.65. The third-order valence-electron chi connectivity index (χ3n) is 2.13. The van der Waals surface area contributed by atoms with Crippen LogP contribution in [0.4, 0.5) is 0 Å². The van der Waals surface area contributed by atoms with Gasteiger partial charge in [0.1, 0.15) is 5.75 Å². The van der Waals surface area contributed by atoms with E-state index in [1.807, 2.05) is 0 Å². The molecule has 0 saturated heterocycles. The number of alkyl halides is 1. The standard InChI is InChI=1S/C12H16BrNO2/c1-12(2,7-13)8-16-10-5-3-9(4-6-10)11(14)15/h3-6H,7-8H2,1-2H3,(H2,14,15). The SMILES string of the molecule is CC(C)(CBr)COc1ccc(C(N)=O)cc1. The minimum atomic E-state index is -0.424. The lowest BCUT2D eigenvalue weighted by Gasteiger charge is -2.21. The summed E-state index contributed by atoms with van der Waals surface area (Å²) in [6, 6.07) is 6.84. The monoisotopic (exact) mass is 285 g/mol. The topological polar surface area (TPSA) is 52.3 Å². The summed E-state index contributed by atoms with van der Waals surface area (Å²) in [6.45, 7) is 4.84. The number of hydrogen-bond acceptors (Lipinski definition) is 2. The average Bonchev–Trinajstić information content (AvgIpc) is 2.27. The van der Waals surface area contributed by atoms with Gasteiger partial charge in [0.05, 0.1) is 6.61 Å². The van der Waals surface area contributed by atoms with Gasteiger partial charge >= 0.3 is 0 Å². The van der Waals surface area contributed by atoms with E-state index in [1.165, 1.54) is 0 Å². The molecular weight excluding hydrogens is 270 g/mol. The molecule has 0 aliphatic carbocycles. The van der Waals surface area contributed by atoms with Crippen LogP contribution in [0, 0.1) is 5.41 Å². The minimum absolute atomic E-state index is 0.0857. The molecule has 1 amide bonds. The van der Waals surface area contributed by atoms with Crippen molar-refractivity contribution in [1.29, 1.82) is 0 Å². The molecule has 16 heavy (non-hydrogen) atoms. The summed E-state index contributed by atoms with van der Waals surface area (Å²) in [7, 11) is 0. The van der Waals surface area contributed by atoms with Crippen molar-refractivity contribution in [3.63, 3.8) is 0 Å². The van der Waals surface area contributed by atoms with Crippen LogP contribution < -0.4 is 10.5 Å². The Balaban J connectivity index is 2.59. The first-order valence-corrected chi connectivity index (χ1v) is 6.15. The van der Waals surface area contributed by atoms with Crippen molar-refractivity contribution in [2.75, 3.05) is 11.9 Å². The van der Waals surface area contributed by atoms with E-state index in [1.54, 1.807) is 24.3 Å². The van der Waals surface area contributed by atoms with Crippen molar-refractivity contribution in [2.45, 2.75) is 13.8 Å². The van der Waals surface area contributed by atoms with Gasteiger partial charge in [0, 0.05) is 16.3 Å². The van der Waals surface area contributed by atoms with Gasteiger partial charge in [-0.15, -0.1) is 0 Å². The van der Waals surface area contributed by atoms with E-state index in [-0.39, 0.29) is 5.41 Å². The number of benzene rings is 1. The Kier molecular flexibility index (Phi) is 4.35. The van der Waals surface area contributed by atoms with Gasteiger partial charge in [0.25, 0.3) is 0 Å². The van der Waals surface area contributed by atoms with Crippen LogP contribution in [-0.4, -0.2) is 17.8 Å². The second-order valence-electron chi connectivity index (χ2n) is 4.48. The number of rotatable bonds is 5. The number of hydrogen-bond donors (Lipinski definition) is 1. The van der Waals surface area contributed by atoms with Gasteiger partial charge in [-0.3, -0.25) is 4.79 Å². The fraction of sp³-hybridized carbons (Fsp3) is 0.417. The zero-order valence-electron chi connectivity index (χ0n) is 9.50. The Labute approximate surface area is 104 Å². The van der Waals surface area contributed by atoms with Gasteiger partial charge in [0.15, 0.2) is 0 Å². The Morgan fingerprint density at radius 2 is 1.94 bits per heavy atom. The lowest BCUT2D eigenvalue weighted by atomic mass is 9.98. The van der Waals surface area contributed by atoms with Gasteiger partial charge < -0.3 is 10.5 Å². The summed E-state index contributed by atoms with van der Waals surface area (Å²) in [4.78, 5) is 10.9. The molecule has 1 aromatic carbocycles. The Hall–Kier alpha value is -1.03. The van der Waals surface area contributed by atoms with Crippen LogP contribution in [0.15, 0.2) is 24.3 Å². The van der Waals surface area contributed by atoms with Crippen LogP contribution in [0.5, 0.6) is 5.75 Å². The lowest BCUT2D eigenvalue weighted by molar-refractivity contribution is 0.1000. The van der Waals surface area contributed by atoms with E-state index in [2.05, 4.69) is 29.8 Å². The molecular formula is C12H16BrNO2. The van der Waals surface area contributed by atoms with Crippen LogP contribution in [-0.2, 0) is 0 Å². The molecule has 0 bridgehead atoms.